The first kappa shape index (κ1) is 15.4. The van der Waals surface area contributed by atoms with Crippen LogP contribution in [0.25, 0.3) is 0 Å². The predicted octanol–water partition coefficient (Wildman–Crippen LogP) is 1.19. The number of hydrogen-bond acceptors (Lipinski definition) is 5. The van der Waals surface area contributed by atoms with Crippen molar-refractivity contribution < 1.29 is 18.3 Å². The van der Waals surface area contributed by atoms with E-state index >= 15 is 0 Å². The third-order valence-electron chi connectivity index (χ3n) is 2.49. The predicted molar refractivity (Wildman–Crippen MR) is 73.4 cm³/mol. The number of sulfone groups is 1. The standard InChI is InChI=1S/C12H18N2O4S/c1-3-10-7-9(12(15)16)8-11(14-10)13-5-4-6-19(2,17)18/h7-8H,3-6H2,1-2H3,(H,13,14)(H,15,16). The van der Waals surface area contributed by atoms with Gasteiger partial charge in [-0.15, -0.1) is 0 Å². The van der Waals surface area contributed by atoms with Crippen molar-refractivity contribution in [1.82, 2.24) is 4.98 Å². The molecular formula is C12H18N2O4S. The van der Waals surface area contributed by atoms with Gasteiger partial charge in [-0.05, 0) is 25.0 Å². The zero-order chi connectivity index (χ0) is 14.5. The Morgan fingerprint density at radius 1 is 1.42 bits per heavy atom. The van der Waals surface area contributed by atoms with Crippen molar-refractivity contribution in [3.63, 3.8) is 0 Å². The molecule has 0 spiro atoms. The molecule has 1 heterocycles. The molecule has 0 amide bonds. The molecule has 0 fully saturated rings. The lowest BCUT2D eigenvalue weighted by Crippen LogP contribution is -2.11. The topological polar surface area (TPSA) is 96.4 Å². The first-order valence-electron chi connectivity index (χ1n) is 5.97. The molecule has 106 valence electrons. The summed E-state index contributed by atoms with van der Waals surface area (Å²) in [5, 5.41) is 11.9. The van der Waals surface area contributed by atoms with E-state index in [2.05, 4.69) is 10.3 Å². The number of aromatic nitrogens is 1. The van der Waals surface area contributed by atoms with Crippen LogP contribution in [-0.2, 0) is 16.3 Å². The van der Waals surface area contributed by atoms with Crippen molar-refractivity contribution in [2.45, 2.75) is 19.8 Å². The number of carboxylic acids is 1. The molecule has 1 rings (SSSR count). The second-order valence-electron chi connectivity index (χ2n) is 4.30. The van der Waals surface area contributed by atoms with Crippen LogP contribution in [-0.4, -0.2) is 43.0 Å². The van der Waals surface area contributed by atoms with E-state index in [-0.39, 0.29) is 11.3 Å². The molecule has 0 bridgehead atoms. The molecule has 0 radical (unpaired) electrons. The molecule has 0 aromatic carbocycles. The van der Waals surface area contributed by atoms with E-state index < -0.39 is 15.8 Å². The number of pyridine rings is 1. The molecule has 0 aliphatic carbocycles. The molecule has 0 atom stereocenters. The monoisotopic (exact) mass is 286 g/mol. The largest absolute Gasteiger partial charge is 0.478 e. The Morgan fingerprint density at radius 3 is 2.63 bits per heavy atom. The average molecular weight is 286 g/mol. The summed E-state index contributed by atoms with van der Waals surface area (Å²) in [6.07, 6.45) is 2.28. The highest BCUT2D eigenvalue weighted by atomic mass is 32.2. The minimum atomic E-state index is -2.97. The highest BCUT2D eigenvalue weighted by molar-refractivity contribution is 7.90. The van der Waals surface area contributed by atoms with Gasteiger partial charge in [-0.25, -0.2) is 18.2 Å². The summed E-state index contributed by atoms with van der Waals surface area (Å²) in [7, 11) is -2.97. The molecule has 0 aliphatic rings. The first-order chi connectivity index (χ1) is 8.81. The smallest absolute Gasteiger partial charge is 0.335 e. The molecule has 0 aliphatic heterocycles. The number of carboxylic acid groups (broad SMARTS) is 1. The molecule has 0 saturated heterocycles. The van der Waals surface area contributed by atoms with Gasteiger partial charge < -0.3 is 10.4 Å². The number of nitrogens with one attached hydrogen (secondary N) is 1. The van der Waals surface area contributed by atoms with Crippen LogP contribution in [0.5, 0.6) is 0 Å². The Balaban J connectivity index is 2.67. The molecule has 2 N–H and O–H groups in total. The Morgan fingerprint density at radius 2 is 2.11 bits per heavy atom. The zero-order valence-corrected chi connectivity index (χ0v) is 11.8. The number of carbonyl (C=O) groups is 1. The van der Waals surface area contributed by atoms with Gasteiger partial charge in [-0.3, -0.25) is 0 Å². The van der Waals surface area contributed by atoms with Crippen molar-refractivity contribution in [1.29, 1.82) is 0 Å². The van der Waals surface area contributed by atoms with E-state index in [1.165, 1.54) is 18.4 Å². The maximum atomic E-state index is 11.0. The Bertz CT molecular complexity index is 555. The Hall–Kier alpha value is -1.63. The van der Waals surface area contributed by atoms with Gasteiger partial charge in [0.2, 0.25) is 0 Å². The minimum absolute atomic E-state index is 0.0965. The lowest BCUT2D eigenvalue weighted by atomic mass is 10.2. The summed E-state index contributed by atoms with van der Waals surface area (Å²) < 4.78 is 21.9. The van der Waals surface area contributed by atoms with Gasteiger partial charge in [0.15, 0.2) is 0 Å². The van der Waals surface area contributed by atoms with Gasteiger partial charge in [0, 0.05) is 18.5 Å². The summed E-state index contributed by atoms with van der Waals surface area (Å²) in [6.45, 7) is 2.33. The molecule has 6 nitrogen and oxygen atoms in total. The van der Waals surface area contributed by atoms with E-state index in [4.69, 9.17) is 5.11 Å². The van der Waals surface area contributed by atoms with Crippen molar-refractivity contribution in [2.75, 3.05) is 23.9 Å². The summed E-state index contributed by atoms with van der Waals surface area (Å²) in [5.41, 5.74) is 0.864. The third kappa shape index (κ3) is 5.69. The Labute approximate surface area is 112 Å². The van der Waals surface area contributed by atoms with Gasteiger partial charge in [-0.2, -0.15) is 0 Å². The molecule has 0 unspecified atom stereocenters. The van der Waals surface area contributed by atoms with Gasteiger partial charge in [0.1, 0.15) is 15.7 Å². The minimum Gasteiger partial charge on any atom is -0.478 e. The van der Waals surface area contributed by atoms with Crippen LogP contribution in [0.1, 0.15) is 29.4 Å². The molecule has 1 aromatic heterocycles. The van der Waals surface area contributed by atoms with Crippen molar-refractivity contribution in [3.8, 4) is 0 Å². The van der Waals surface area contributed by atoms with E-state index in [1.54, 1.807) is 0 Å². The maximum Gasteiger partial charge on any atom is 0.335 e. The van der Waals surface area contributed by atoms with Gasteiger partial charge in [0.25, 0.3) is 0 Å². The van der Waals surface area contributed by atoms with Crippen LogP contribution < -0.4 is 5.32 Å². The number of anilines is 1. The van der Waals surface area contributed by atoms with Crippen LogP contribution in [0, 0.1) is 0 Å². The zero-order valence-electron chi connectivity index (χ0n) is 11.0. The number of hydrogen-bond donors (Lipinski definition) is 2. The van der Waals surface area contributed by atoms with E-state index in [9.17, 15) is 13.2 Å². The fourth-order valence-electron chi connectivity index (χ4n) is 1.53. The highest BCUT2D eigenvalue weighted by Gasteiger charge is 2.08. The highest BCUT2D eigenvalue weighted by Crippen LogP contribution is 2.11. The lowest BCUT2D eigenvalue weighted by Gasteiger charge is -2.08. The Kier molecular flexibility index (Phi) is 5.29. The lowest BCUT2D eigenvalue weighted by molar-refractivity contribution is 0.0696. The average Bonchev–Trinajstić information content (AvgIpc) is 2.33. The summed E-state index contributed by atoms with van der Waals surface area (Å²) in [6, 6.07) is 2.98. The quantitative estimate of drug-likeness (QED) is 0.731. The van der Waals surface area contributed by atoms with Crippen LogP contribution in [0.15, 0.2) is 12.1 Å². The van der Waals surface area contributed by atoms with Crippen LogP contribution in [0.2, 0.25) is 0 Å². The molecule has 19 heavy (non-hydrogen) atoms. The molecule has 7 heteroatoms. The number of rotatable bonds is 7. The first-order valence-corrected chi connectivity index (χ1v) is 8.03. The van der Waals surface area contributed by atoms with Gasteiger partial charge in [0.05, 0.1) is 11.3 Å². The SMILES string of the molecule is CCc1cc(C(=O)O)cc(NCCCS(C)(=O)=O)n1. The molecular weight excluding hydrogens is 268 g/mol. The second-order valence-corrected chi connectivity index (χ2v) is 6.56. The fourth-order valence-corrected chi connectivity index (χ4v) is 2.20. The van der Waals surface area contributed by atoms with E-state index in [0.29, 0.717) is 30.9 Å². The van der Waals surface area contributed by atoms with Crippen molar-refractivity contribution in [3.05, 3.63) is 23.4 Å². The maximum absolute atomic E-state index is 11.0. The number of aromatic carboxylic acids is 1. The molecule has 1 aromatic rings. The number of aryl methyl sites for hydroxylation is 1. The van der Waals surface area contributed by atoms with Crippen LogP contribution in [0.3, 0.4) is 0 Å². The second kappa shape index (κ2) is 6.51. The van der Waals surface area contributed by atoms with Crippen LogP contribution >= 0.6 is 0 Å². The van der Waals surface area contributed by atoms with E-state index in [1.807, 2.05) is 6.92 Å². The van der Waals surface area contributed by atoms with Gasteiger partial charge in [-0.1, -0.05) is 6.92 Å². The number of nitrogens with zero attached hydrogens (tertiary/aromatic N) is 1. The van der Waals surface area contributed by atoms with Crippen LogP contribution in [0.4, 0.5) is 5.82 Å². The van der Waals surface area contributed by atoms with E-state index in [0.717, 1.165) is 0 Å². The van der Waals surface area contributed by atoms with Gasteiger partial charge >= 0.3 is 5.97 Å². The normalized spacial score (nSPS) is 11.3. The summed E-state index contributed by atoms with van der Waals surface area (Å²) in [5.74, 6) is -0.444. The summed E-state index contributed by atoms with van der Waals surface area (Å²) >= 11 is 0. The summed E-state index contributed by atoms with van der Waals surface area (Å²) in [4.78, 5) is 15.2. The molecule has 0 saturated carbocycles. The van der Waals surface area contributed by atoms with Crippen molar-refractivity contribution in [2.24, 2.45) is 0 Å². The van der Waals surface area contributed by atoms with Crippen molar-refractivity contribution >= 4 is 21.6 Å². The fraction of sp³-hybridized carbons (Fsp3) is 0.500. The third-order valence-corrected chi connectivity index (χ3v) is 3.52.